The van der Waals surface area contributed by atoms with E-state index in [4.69, 9.17) is 4.74 Å². The Morgan fingerprint density at radius 3 is 2.18 bits per heavy atom. The van der Waals surface area contributed by atoms with Gasteiger partial charge >= 0.3 is 12.1 Å². The van der Waals surface area contributed by atoms with Crippen molar-refractivity contribution in [1.82, 2.24) is 9.80 Å². The number of carbonyl (C=O) groups is 2. The Kier molecular flexibility index (Phi) is 5.32. The highest BCUT2D eigenvalue weighted by Gasteiger charge is 2.37. The van der Waals surface area contributed by atoms with Gasteiger partial charge in [-0.15, -0.1) is 0 Å². The molecule has 1 saturated carbocycles. The van der Waals surface area contributed by atoms with E-state index >= 15 is 0 Å². The Hall–Kier alpha value is -1.30. The summed E-state index contributed by atoms with van der Waals surface area (Å²) in [5, 5.41) is 9.40. The zero-order valence-corrected chi connectivity index (χ0v) is 13.9. The fourth-order valence-electron chi connectivity index (χ4n) is 3.40. The summed E-state index contributed by atoms with van der Waals surface area (Å²) in [6, 6.07) is 0.118. The van der Waals surface area contributed by atoms with E-state index in [2.05, 4.69) is 4.90 Å². The normalized spacial score (nSPS) is 27.5. The standard InChI is InChI=1S/C16H28N2O4/c1-16(2,3)22-15(21)18-10-8-17(9-11-18)13-7-5-4-6-12(13)14(19)20/h12-13H,4-11H2,1-3H3,(H,19,20)/t12-,13?/m1/s1. The lowest BCUT2D eigenvalue weighted by Crippen LogP contribution is -2.55. The molecule has 2 rings (SSSR count). The number of carbonyl (C=O) groups excluding carboxylic acids is 1. The SMILES string of the molecule is CC(C)(C)OC(=O)N1CCN(C2CCCC[C@H]2C(=O)O)CC1. The molecule has 1 amide bonds. The number of carboxylic acids is 1. The molecule has 1 unspecified atom stereocenters. The average molecular weight is 312 g/mol. The summed E-state index contributed by atoms with van der Waals surface area (Å²) in [5.74, 6) is -0.943. The molecule has 0 aromatic heterocycles. The predicted octanol–water partition coefficient (Wildman–Crippen LogP) is 2.18. The third-order valence-electron chi connectivity index (χ3n) is 4.48. The number of hydrogen-bond donors (Lipinski definition) is 1. The average Bonchev–Trinajstić information content (AvgIpc) is 2.45. The van der Waals surface area contributed by atoms with E-state index in [9.17, 15) is 14.7 Å². The van der Waals surface area contributed by atoms with E-state index in [0.29, 0.717) is 13.1 Å². The molecule has 2 aliphatic rings. The van der Waals surface area contributed by atoms with E-state index in [-0.39, 0.29) is 18.1 Å². The molecule has 1 saturated heterocycles. The quantitative estimate of drug-likeness (QED) is 0.846. The van der Waals surface area contributed by atoms with Crippen LogP contribution < -0.4 is 0 Å². The first-order chi connectivity index (χ1) is 10.3. The van der Waals surface area contributed by atoms with Crippen LogP contribution in [0.5, 0.6) is 0 Å². The minimum Gasteiger partial charge on any atom is -0.481 e. The third-order valence-corrected chi connectivity index (χ3v) is 4.48. The van der Waals surface area contributed by atoms with Gasteiger partial charge in [-0.25, -0.2) is 4.79 Å². The minimum atomic E-state index is -0.681. The van der Waals surface area contributed by atoms with E-state index in [1.165, 1.54) is 0 Å². The second-order valence-electron chi connectivity index (χ2n) is 7.30. The topological polar surface area (TPSA) is 70.1 Å². The maximum atomic E-state index is 12.1. The van der Waals surface area contributed by atoms with Crippen molar-refractivity contribution >= 4 is 12.1 Å². The molecule has 0 spiro atoms. The van der Waals surface area contributed by atoms with Crippen molar-refractivity contribution in [3.05, 3.63) is 0 Å². The molecule has 6 nitrogen and oxygen atoms in total. The van der Waals surface area contributed by atoms with Crippen molar-refractivity contribution in [3.63, 3.8) is 0 Å². The minimum absolute atomic E-state index is 0.118. The number of rotatable bonds is 2. The van der Waals surface area contributed by atoms with Crippen LogP contribution in [0.4, 0.5) is 4.79 Å². The largest absolute Gasteiger partial charge is 0.481 e. The molecule has 1 aliphatic heterocycles. The Labute approximate surface area is 132 Å². The first kappa shape index (κ1) is 17.1. The molecule has 0 aromatic rings. The smallest absolute Gasteiger partial charge is 0.410 e. The van der Waals surface area contributed by atoms with Gasteiger partial charge in [0.05, 0.1) is 5.92 Å². The molecule has 1 N–H and O–H groups in total. The molecule has 1 heterocycles. The van der Waals surface area contributed by atoms with Crippen LogP contribution in [0, 0.1) is 5.92 Å². The van der Waals surface area contributed by atoms with E-state index < -0.39 is 11.6 Å². The molecular formula is C16H28N2O4. The summed E-state index contributed by atoms with van der Waals surface area (Å²) >= 11 is 0. The molecule has 22 heavy (non-hydrogen) atoms. The highest BCUT2D eigenvalue weighted by Crippen LogP contribution is 2.29. The van der Waals surface area contributed by atoms with Gasteiger partial charge < -0.3 is 14.7 Å². The summed E-state index contributed by atoms with van der Waals surface area (Å²) in [6.07, 6.45) is 3.55. The zero-order chi connectivity index (χ0) is 16.3. The van der Waals surface area contributed by atoms with Crippen LogP contribution in [0.3, 0.4) is 0 Å². The molecule has 0 bridgehead atoms. The summed E-state index contributed by atoms with van der Waals surface area (Å²) in [5.41, 5.74) is -0.480. The number of aliphatic carboxylic acids is 1. The van der Waals surface area contributed by atoms with Gasteiger partial charge in [0.2, 0.25) is 0 Å². The van der Waals surface area contributed by atoms with Crippen molar-refractivity contribution in [1.29, 1.82) is 0 Å². The first-order valence-electron chi connectivity index (χ1n) is 8.23. The lowest BCUT2D eigenvalue weighted by atomic mass is 9.83. The number of nitrogens with zero attached hydrogens (tertiary/aromatic N) is 2. The van der Waals surface area contributed by atoms with Crippen molar-refractivity contribution in [2.75, 3.05) is 26.2 Å². The van der Waals surface area contributed by atoms with Gasteiger partial charge in [-0.3, -0.25) is 9.69 Å². The van der Waals surface area contributed by atoms with Crippen LogP contribution in [0.2, 0.25) is 0 Å². The predicted molar refractivity (Wildman–Crippen MR) is 82.8 cm³/mol. The fraction of sp³-hybridized carbons (Fsp3) is 0.875. The first-order valence-corrected chi connectivity index (χ1v) is 8.23. The molecule has 126 valence electrons. The molecule has 6 heteroatoms. The lowest BCUT2D eigenvalue weighted by Gasteiger charge is -2.43. The molecule has 1 aliphatic carbocycles. The highest BCUT2D eigenvalue weighted by molar-refractivity contribution is 5.71. The van der Waals surface area contributed by atoms with Crippen LogP contribution in [-0.2, 0) is 9.53 Å². The second-order valence-corrected chi connectivity index (χ2v) is 7.30. The molecule has 0 radical (unpaired) electrons. The monoisotopic (exact) mass is 312 g/mol. The molecule has 0 aromatic carbocycles. The van der Waals surface area contributed by atoms with Gasteiger partial charge in [0.25, 0.3) is 0 Å². The van der Waals surface area contributed by atoms with Crippen molar-refractivity contribution in [2.24, 2.45) is 5.92 Å². The van der Waals surface area contributed by atoms with E-state index in [1.807, 2.05) is 20.8 Å². The van der Waals surface area contributed by atoms with Gasteiger partial charge in [0.1, 0.15) is 5.60 Å². The van der Waals surface area contributed by atoms with Crippen LogP contribution in [0.1, 0.15) is 46.5 Å². The Morgan fingerprint density at radius 2 is 1.64 bits per heavy atom. The molecule has 2 atom stereocenters. The summed E-state index contributed by atoms with van der Waals surface area (Å²) < 4.78 is 5.39. The maximum absolute atomic E-state index is 12.1. The summed E-state index contributed by atoms with van der Waals surface area (Å²) in [7, 11) is 0. The summed E-state index contributed by atoms with van der Waals surface area (Å²) in [6.45, 7) is 8.26. The van der Waals surface area contributed by atoms with Gasteiger partial charge in [0, 0.05) is 32.2 Å². The van der Waals surface area contributed by atoms with Gasteiger partial charge in [-0.05, 0) is 33.6 Å². The maximum Gasteiger partial charge on any atom is 0.410 e. The van der Waals surface area contributed by atoms with E-state index in [1.54, 1.807) is 4.90 Å². The number of hydrogen-bond acceptors (Lipinski definition) is 4. The van der Waals surface area contributed by atoms with Gasteiger partial charge in [-0.1, -0.05) is 12.8 Å². The van der Waals surface area contributed by atoms with Crippen molar-refractivity contribution in [2.45, 2.75) is 58.1 Å². The third kappa shape index (κ3) is 4.35. The van der Waals surface area contributed by atoms with Gasteiger partial charge in [-0.2, -0.15) is 0 Å². The Bertz CT molecular complexity index is 411. The summed E-state index contributed by atoms with van der Waals surface area (Å²) in [4.78, 5) is 27.5. The van der Waals surface area contributed by atoms with E-state index in [0.717, 1.165) is 38.8 Å². The van der Waals surface area contributed by atoms with Crippen molar-refractivity contribution in [3.8, 4) is 0 Å². The lowest BCUT2D eigenvalue weighted by molar-refractivity contribution is -0.146. The number of amides is 1. The Morgan fingerprint density at radius 1 is 1.05 bits per heavy atom. The van der Waals surface area contributed by atoms with Crippen molar-refractivity contribution < 1.29 is 19.4 Å². The van der Waals surface area contributed by atoms with Crippen LogP contribution in [0.15, 0.2) is 0 Å². The van der Waals surface area contributed by atoms with Crippen LogP contribution in [0.25, 0.3) is 0 Å². The number of piperazine rings is 1. The number of carboxylic acid groups (broad SMARTS) is 1. The van der Waals surface area contributed by atoms with Gasteiger partial charge in [0.15, 0.2) is 0 Å². The molecule has 2 fully saturated rings. The van der Waals surface area contributed by atoms with Crippen LogP contribution >= 0.6 is 0 Å². The Balaban J connectivity index is 1.88. The van der Waals surface area contributed by atoms with Crippen LogP contribution in [-0.4, -0.2) is 64.8 Å². The second kappa shape index (κ2) is 6.86. The fourth-order valence-corrected chi connectivity index (χ4v) is 3.40. The highest BCUT2D eigenvalue weighted by atomic mass is 16.6. The molecular weight excluding hydrogens is 284 g/mol. The number of ether oxygens (including phenoxy) is 1. The zero-order valence-electron chi connectivity index (χ0n) is 13.9.